The summed E-state index contributed by atoms with van der Waals surface area (Å²) < 4.78 is 6.15. The molecule has 3 rings (SSSR count). The van der Waals surface area contributed by atoms with Crippen molar-refractivity contribution in [2.45, 2.75) is 39.0 Å². The van der Waals surface area contributed by atoms with Crippen LogP contribution in [0.25, 0.3) is 0 Å². The monoisotopic (exact) mass is 312 g/mol. The van der Waals surface area contributed by atoms with Gasteiger partial charge >= 0.3 is 0 Å². The van der Waals surface area contributed by atoms with E-state index in [1.165, 1.54) is 11.1 Å². The summed E-state index contributed by atoms with van der Waals surface area (Å²) in [5.74, 6) is 1.02. The first-order chi connectivity index (χ1) is 11.1. The molecule has 0 spiro atoms. The standard InChI is InChI=1S/C19H24N2O2/c1-19(2)11-16-6-3-7-17(18(16)23-19)14-21(9-10-22)13-15-5-4-8-20-12-15/h3-8,12,22H,9-11,13-14H2,1-2H3. The molecule has 0 bridgehead atoms. The van der Waals surface area contributed by atoms with Crippen molar-refractivity contribution in [2.24, 2.45) is 0 Å². The summed E-state index contributed by atoms with van der Waals surface area (Å²) in [7, 11) is 0. The van der Waals surface area contributed by atoms with Gasteiger partial charge in [-0.15, -0.1) is 0 Å². The van der Waals surface area contributed by atoms with Crippen LogP contribution in [0.15, 0.2) is 42.7 Å². The van der Waals surface area contributed by atoms with E-state index >= 15 is 0 Å². The van der Waals surface area contributed by atoms with Gasteiger partial charge in [0.15, 0.2) is 0 Å². The molecule has 2 aromatic rings. The van der Waals surface area contributed by atoms with Gasteiger partial charge in [0.05, 0.1) is 6.61 Å². The quantitative estimate of drug-likeness (QED) is 0.891. The molecule has 0 saturated heterocycles. The number of fused-ring (bicyclic) bond motifs is 1. The molecule has 0 unspecified atom stereocenters. The van der Waals surface area contributed by atoms with Crippen molar-refractivity contribution in [3.05, 3.63) is 59.4 Å². The highest BCUT2D eigenvalue weighted by Crippen LogP contribution is 2.38. The Morgan fingerprint density at radius 3 is 2.83 bits per heavy atom. The minimum atomic E-state index is -0.135. The number of hydrogen-bond donors (Lipinski definition) is 1. The maximum absolute atomic E-state index is 9.38. The van der Waals surface area contributed by atoms with E-state index in [0.29, 0.717) is 6.54 Å². The highest BCUT2D eigenvalue weighted by Gasteiger charge is 2.31. The summed E-state index contributed by atoms with van der Waals surface area (Å²) in [4.78, 5) is 6.39. The van der Waals surface area contributed by atoms with Crippen molar-refractivity contribution in [1.29, 1.82) is 0 Å². The van der Waals surface area contributed by atoms with Crippen LogP contribution in [0.2, 0.25) is 0 Å². The molecule has 1 aromatic heterocycles. The van der Waals surface area contributed by atoms with Crippen LogP contribution in [-0.2, 0) is 19.5 Å². The number of benzene rings is 1. The predicted octanol–water partition coefficient (Wildman–Crippen LogP) is 2.79. The second kappa shape index (κ2) is 6.69. The number of nitrogens with zero attached hydrogens (tertiary/aromatic N) is 2. The molecule has 0 amide bonds. The molecule has 2 heterocycles. The van der Waals surface area contributed by atoms with E-state index in [0.717, 1.165) is 30.8 Å². The van der Waals surface area contributed by atoms with Gasteiger partial charge in [-0.1, -0.05) is 24.3 Å². The average molecular weight is 312 g/mol. The Balaban J connectivity index is 1.78. The lowest BCUT2D eigenvalue weighted by Crippen LogP contribution is -2.27. The zero-order valence-corrected chi connectivity index (χ0v) is 13.8. The van der Waals surface area contributed by atoms with E-state index in [9.17, 15) is 5.11 Å². The van der Waals surface area contributed by atoms with Gasteiger partial charge in [-0.25, -0.2) is 0 Å². The van der Waals surface area contributed by atoms with Crippen molar-refractivity contribution in [3.8, 4) is 5.75 Å². The van der Waals surface area contributed by atoms with Gasteiger partial charge < -0.3 is 9.84 Å². The largest absolute Gasteiger partial charge is 0.487 e. The molecule has 23 heavy (non-hydrogen) atoms. The van der Waals surface area contributed by atoms with E-state index in [1.807, 2.05) is 12.3 Å². The molecular weight excluding hydrogens is 288 g/mol. The summed E-state index contributed by atoms with van der Waals surface area (Å²) in [6.45, 7) is 6.54. The molecule has 4 nitrogen and oxygen atoms in total. The SMILES string of the molecule is CC1(C)Cc2cccc(CN(CCO)Cc3cccnc3)c2O1. The molecule has 0 radical (unpaired) electrons. The van der Waals surface area contributed by atoms with Crippen molar-refractivity contribution in [3.63, 3.8) is 0 Å². The Hall–Kier alpha value is -1.91. The van der Waals surface area contributed by atoms with E-state index in [-0.39, 0.29) is 12.2 Å². The Bertz CT molecular complexity index is 656. The third kappa shape index (κ3) is 3.89. The topological polar surface area (TPSA) is 45.6 Å². The fourth-order valence-corrected chi connectivity index (χ4v) is 3.15. The maximum Gasteiger partial charge on any atom is 0.127 e. The molecule has 0 saturated carbocycles. The number of pyridine rings is 1. The molecule has 0 aliphatic carbocycles. The number of aliphatic hydroxyl groups excluding tert-OH is 1. The van der Waals surface area contributed by atoms with Crippen molar-refractivity contribution in [2.75, 3.05) is 13.2 Å². The third-order valence-electron chi connectivity index (χ3n) is 4.11. The zero-order valence-electron chi connectivity index (χ0n) is 13.8. The fraction of sp³-hybridized carbons (Fsp3) is 0.421. The third-order valence-corrected chi connectivity index (χ3v) is 4.11. The number of aliphatic hydroxyl groups is 1. The van der Waals surface area contributed by atoms with Gasteiger partial charge in [0, 0.05) is 44.0 Å². The van der Waals surface area contributed by atoms with Crippen molar-refractivity contribution >= 4 is 0 Å². The van der Waals surface area contributed by atoms with Gasteiger partial charge in [-0.05, 0) is 31.0 Å². The van der Waals surface area contributed by atoms with E-state index < -0.39 is 0 Å². The summed E-state index contributed by atoms with van der Waals surface area (Å²) in [6, 6.07) is 10.4. The van der Waals surface area contributed by atoms with Crippen LogP contribution < -0.4 is 4.74 Å². The summed E-state index contributed by atoms with van der Waals surface area (Å²) in [5.41, 5.74) is 3.47. The minimum absolute atomic E-state index is 0.135. The van der Waals surface area contributed by atoms with Crippen LogP contribution in [0.4, 0.5) is 0 Å². The van der Waals surface area contributed by atoms with E-state index in [1.54, 1.807) is 6.20 Å². The number of para-hydroxylation sites is 1. The smallest absolute Gasteiger partial charge is 0.127 e. The van der Waals surface area contributed by atoms with Crippen LogP contribution in [0.1, 0.15) is 30.5 Å². The minimum Gasteiger partial charge on any atom is -0.487 e. The number of rotatable bonds is 6. The predicted molar refractivity (Wildman–Crippen MR) is 90.3 cm³/mol. The van der Waals surface area contributed by atoms with Crippen molar-refractivity contribution < 1.29 is 9.84 Å². The lowest BCUT2D eigenvalue weighted by Gasteiger charge is -2.23. The Labute approximate surface area is 137 Å². The molecule has 1 N–H and O–H groups in total. The molecule has 122 valence electrons. The molecule has 1 aromatic carbocycles. The highest BCUT2D eigenvalue weighted by atomic mass is 16.5. The first-order valence-electron chi connectivity index (χ1n) is 8.09. The molecule has 1 aliphatic heterocycles. The Morgan fingerprint density at radius 2 is 2.09 bits per heavy atom. The van der Waals surface area contributed by atoms with Crippen molar-refractivity contribution in [1.82, 2.24) is 9.88 Å². The molecule has 4 heteroatoms. The Morgan fingerprint density at radius 1 is 1.22 bits per heavy atom. The van der Waals surface area contributed by atoms with Crippen LogP contribution in [0.5, 0.6) is 5.75 Å². The lowest BCUT2D eigenvalue weighted by molar-refractivity contribution is 0.133. The molecule has 1 aliphatic rings. The van der Waals surface area contributed by atoms with Gasteiger partial charge in [-0.2, -0.15) is 0 Å². The molecular formula is C19H24N2O2. The van der Waals surface area contributed by atoms with Crippen LogP contribution in [0, 0.1) is 0 Å². The van der Waals surface area contributed by atoms with Crippen LogP contribution in [0.3, 0.4) is 0 Å². The molecule has 0 fully saturated rings. The number of ether oxygens (including phenoxy) is 1. The second-order valence-electron chi connectivity index (χ2n) is 6.74. The fourth-order valence-electron chi connectivity index (χ4n) is 3.15. The average Bonchev–Trinajstić information content (AvgIpc) is 2.84. The van der Waals surface area contributed by atoms with E-state index in [4.69, 9.17) is 4.74 Å². The van der Waals surface area contributed by atoms with Crippen LogP contribution >= 0.6 is 0 Å². The summed E-state index contributed by atoms with van der Waals surface area (Å²) >= 11 is 0. The zero-order chi connectivity index (χ0) is 16.3. The highest BCUT2D eigenvalue weighted by molar-refractivity contribution is 5.45. The Kier molecular flexibility index (Phi) is 4.64. The first-order valence-corrected chi connectivity index (χ1v) is 8.09. The van der Waals surface area contributed by atoms with Gasteiger partial charge in [0.2, 0.25) is 0 Å². The normalized spacial score (nSPS) is 15.5. The van der Waals surface area contributed by atoms with Gasteiger partial charge in [-0.3, -0.25) is 9.88 Å². The van der Waals surface area contributed by atoms with Gasteiger partial charge in [0.25, 0.3) is 0 Å². The maximum atomic E-state index is 9.38. The summed E-state index contributed by atoms with van der Waals surface area (Å²) in [5, 5.41) is 9.38. The first kappa shape index (κ1) is 16.0. The number of hydrogen-bond acceptors (Lipinski definition) is 4. The second-order valence-corrected chi connectivity index (χ2v) is 6.74. The molecule has 0 atom stereocenters. The summed E-state index contributed by atoms with van der Waals surface area (Å²) in [6.07, 6.45) is 4.60. The van der Waals surface area contributed by atoms with Crippen LogP contribution in [-0.4, -0.2) is 33.7 Å². The lowest BCUT2D eigenvalue weighted by atomic mass is 10.0. The number of aromatic nitrogens is 1. The van der Waals surface area contributed by atoms with E-state index in [2.05, 4.69) is 48.0 Å². The van der Waals surface area contributed by atoms with Gasteiger partial charge in [0.1, 0.15) is 11.4 Å².